The van der Waals surface area contributed by atoms with E-state index >= 15 is 0 Å². The van der Waals surface area contributed by atoms with Crippen molar-refractivity contribution in [3.63, 3.8) is 0 Å². The molecule has 6 nitrogen and oxygen atoms in total. The topological polar surface area (TPSA) is 78.2 Å². The van der Waals surface area contributed by atoms with Gasteiger partial charge in [-0.25, -0.2) is 0 Å². The van der Waals surface area contributed by atoms with E-state index in [1.807, 2.05) is 17.0 Å². The Morgan fingerprint density at radius 3 is 3.00 bits per heavy atom. The first-order chi connectivity index (χ1) is 13.0. The van der Waals surface area contributed by atoms with Gasteiger partial charge in [0.05, 0.1) is 21.1 Å². The minimum atomic E-state index is 0.280. The molecule has 0 unspecified atom stereocenters. The lowest BCUT2D eigenvalue weighted by molar-refractivity contribution is -0.127. The van der Waals surface area contributed by atoms with Crippen molar-refractivity contribution >= 4 is 22.9 Å². The number of nitrogens with zero attached hydrogens (tertiary/aromatic N) is 3. The molecule has 1 fully saturated rings. The number of aryl methyl sites for hydroxylation is 1. The van der Waals surface area contributed by atoms with Crippen molar-refractivity contribution in [2.45, 2.75) is 26.2 Å². The molecule has 3 N–H and O–H groups in total. The van der Waals surface area contributed by atoms with E-state index in [1.54, 1.807) is 17.5 Å². The van der Waals surface area contributed by atoms with Crippen molar-refractivity contribution in [3.05, 3.63) is 47.1 Å². The van der Waals surface area contributed by atoms with Gasteiger partial charge in [-0.1, -0.05) is 6.58 Å². The lowest BCUT2D eigenvalue weighted by Crippen LogP contribution is -2.28. The van der Waals surface area contributed by atoms with Crippen molar-refractivity contribution < 1.29 is 4.79 Å². The zero-order valence-electron chi connectivity index (χ0n) is 16.0. The normalized spacial score (nSPS) is 14.8. The van der Waals surface area contributed by atoms with E-state index in [0.29, 0.717) is 12.1 Å². The van der Waals surface area contributed by atoms with Gasteiger partial charge in [-0.3, -0.25) is 9.89 Å². The zero-order valence-corrected chi connectivity index (χ0v) is 16.8. The highest BCUT2D eigenvalue weighted by Crippen LogP contribution is 2.35. The number of aromatic amines is 1. The molecule has 0 bridgehead atoms. The smallest absolute Gasteiger partial charge is 0.222 e. The summed E-state index contributed by atoms with van der Waals surface area (Å²) < 4.78 is 0. The largest absolute Gasteiger partial charge is 0.399 e. The molecule has 7 heteroatoms. The maximum atomic E-state index is 11.8. The molecule has 1 saturated heterocycles. The number of hydrogen-bond acceptors (Lipinski definition) is 5. The van der Waals surface area contributed by atoms with Gasteiger partial charge in [-0.2, -0.15) is 5.10 Å². The summed E-state index contributed by atoms with van der Waals surface area (Å²) in [6.45, 7) is 8.51. The summed E-state index contributed by atoms with van der Waals surface area (Å²) in [6, 6.07) is 4.13. The van der Waals surface area contributed by atoms with Gasteiger partial charge in [0.2, 0.25) is 5.91 Å². The Morgan fingerprint density at radius 2 is 2.37 bits per heavy atom. The zero-order chi connectivity index (χ0) is 19.4. The third-order valence-corrected chi connectivity index (χ3v) is 6.04. The van der Waals surface area contributed by atoms with Gasteiger partial charge in [0.1, 0.15) is 0 Å². The molecule has 0 saturated carbocycles. The van der Waals surface area contributed by atoms with E-state index in [0.717, 1.165) is 48.7 Å². The Hall–Kier alpha value is -2.54. The molecule has 144 valence electrons. The van der Waals surface area contributed by atoms with Gasteiger partial charge in [-0.15, -0.1) is 11.3 Å². The van der Waals surface area contributed by atoms with Gasteiger partial charge >= 0.3 is 0 Å². The monoisotopic (exact) mass is 385 g/mol. The molecule has 3 rings (SSSR count). The number of carbonyl (C=O) groups excluding carboxylic acids is 1. The van der Waals surface area contributed by atoms with Crippen LogP contribution < -0.4 is 5.73 Å². The van der Waals surface area contributed by atoms with Crippen molar-refractivity contribution in [2.24, 2.45) is 5.73 Å². The fraction of sp³-hybridized carbons (Fsp3) is 0.400. The summed E-state index contributed by atoms with van der Waals surface area (Å²) in [5.41, 5.74) is 9.70. The second-order valence-corrected chi connectivity index (χ2v) is 8.01. The predicted octanol–water partition coefficient (Wildman–Crippen LogP) is 3.20. The van der Waals surface area contributed by atoms with Crippen molar-refractivity contribution in [2.75, 3.05) is 26.7 Å². The molecule has 2 aromatic heterocycles. The lowest BCUT2D eigenvalue weighted by atomic mass is 10.1. The number of nitrogens with one attached hydrogen (secondary N) is 1. The van der Waals surface area contributed by atoms with Gasteiger partial charge in [-0.05, 0) is 43.5 Å². The average Bonchev–Trinajstić information content (AvgIpc) is 3.34. The van der Waals surface area contributed by atoms with Crippen LogP contribution in [0, 0.1) is 6.92 Å². The summed E-state index contributed by atoms with van der Waals surface area (Å²) in [5.74, 6) is 0.280. The number of nitrogens with two attached hydrogens (primary N) is 1. The number of likely N-dealkylation sites (tertiary alicyclic amines) is 1. The first kappa shape index (κ1) is 19.2. The van der Waals surface area contributed by atoms with E-state index < -0.39 is 0 Å². The molecule has 1 amide bonds. The molecule has 1 aliphatic heterocycles. The van der Waals surface area contributed by atoms with E-state index in [4.69, 9.17) is 5.73 Å². The number of allylic oxidation sites excluding steroid dienone is 1. The predicted molar refractivity (Wildman–Crippen MR) is 111 cm³/mol. The first-order valence-corrected chi connectivity index (χ1v) is 10.0. The van der Waals surface area contributed by atoms with Crippen molar-refractivity contribution in [1.29, 1.82) is 0 Å². The number of hydrogen-bond donors (Lipinski definition) is 2. The Kier molecular flexibility index (Phi) is 6.01. The highest BCUT2D eigenvalue weighted by molar-refractivity contribution is 7.16. The third kappa shape index (κ3) is 4.60. The van der Waals surface area contributed by atoms with Crippen LogP contribution in [0.5, 0.6) is 0 Å². The summed E-state index contributed by atoms with van der Waals surface area (Å²) >= 11 is 1.71. The van der Waals surface area contributed by atoms with E-state index in [1.165, 1.54) is 10.4 Å². The highest BCUT2D eigenvalue weighted by atomic mass is 32.1. The number of H-pyrrole nitrogens is 1. The Balaban J connectivity index is 1.74. The average molecular weight is 386 g/mol. The van der Waals surface area contributed by atoms with Crippen LogP contribution in [-0.4, -0.2) is 52.6 Å². The molecular formula is C20H27N5OS. The van der Waals surface area contributed by atoms with Crippen LogP contribution in [0.1, 0.15) is 29.7 Å². The van der Waals surface area contributed by atoms with Crippen LogP contribution in [-0.2, 0) is 4.79 Å². The fourth-order valence-corrected chi connectivity index (χ4v) is 4.57. The number of thiophene rings is 1. The number of aromatic nitrogens is 2. The van der Waals surface area contributed by atoms with Crippen molar-refractivity contribution in [3.8, 4) is 10.6 Å². The standard InChI is InChI=1S/C20H27N5OS/c1-14-12-18(16-7-8-22-23-16)27-20(14)17(13-15(2)21)24(3)9-5-11-25-10-4-6-19(25)26/h7-8,12-13H,2,4-6,9-11,21H2,1,3H3,(H,22,23)/b17-13+. The van der Waals surface area contributed by atoms with Gasteiger partial charge in [0.15, 0.2) is 0 Å². The Morgan fingerprint density at radius 1 is 1.56 bits per heavy atom. The number of carbonyl (C=O) groups is 1. The molecule has 0 spiro atoms. The molecule has 1 aliphatic rings. The molecule has 27 heavy (non-hydrogen) atoms. The van der Waals surface area contributed by atoms with E-state index in [2.05, 4.69) is 41.7 Å². The van der Waals surface area contributed by atoms with Gasteiger partial charge in [0, 0.05) is 45.0 Å². The Labute approximate surface area is 164 Å². The minimum absolute atomic E-state index is 0.280. The minimum Gasteiger partial charge on any atom is -0.399 e. The summed E-state index contributed by atoms with van der Waals surface area (Å²) in [4.78, 5) is 18.3. The molecule has 0 atom stereocenters. The van der Waals surface area contributed by atoms with E-state index in [-0.39, 0.29) is 5.91 Å². The van der Waals surface area contributed by atoms with Crippen molar-refractivity contribution in [1.82, 2.24) is 20.0 Å². The van der Waals surface area contributed by atoms with Crippen LogP contribution in [0.3, 0.4) is 0 Å². The van der Waals surface area contributed by atoms with E-state index in [9.17, 15) is 4.79 Å². The maximum Gasteiger partial charge on any atom is 0.222 e. The second-order valence-electron chi connectivity index (χ2n) is 6.96. The van der Waals surface area contributed by atoms with Gasteiger partial charge < -0.3 is 15.5 Å². The molecule has 0 radical (unpaired) electrons. The summed E-state index contributed by atoms with van der Waals surface area (Å²) in [6.07, 6.45) is 6.29. The van der Waals surface area contributed by atoms with Gasteiger partial charge in [0.25, 0.3) is 0 Å². The van der Waals surface area contributed by atoms with Crippen LogP contribution in [0.25, 0.3) is 16.3 Å². The maximum absolute atomic E-state index is 11.8. The fourth-order valence-electron chi connectivity index (χ4n) is 3.35. The van der Waals surface area contributed by atoms with Crippen LogP contribution >= 0.6 is 11.3 Å². The third-order valence-electron chi connectivity index (χ3n) is 4.74. The first-order valence-electron chi connectivity index (χ1n) is 9.21. The molecular weight excluding hydrogens is 358 g/mol. The molecule has 0 aromatic carbocycles. The summed E-state index contributed by atoms with van der Waals surface area (Å²) in [7, 11) is 2.07. The molecule has 3 heterocycles. The Bertz CT molecular complexity index is 837. The van der Waals surface area contributed by atoms with Crippen LogP contribution in [0.15, 0.2) is 36.7 Å². The second kappa shape index (κ2) is 8.43. The van der Waals surface area contributed by atoms with Crippen LogP contribution in [0.4, 0.5) is 0 Å². The number of amides is 1. The van der Waals surface area contributed by atoms with Crippen LogP contribution in [0.2, 0.25) is 0 Å². The number of rotatable bonds is 8. The molecule has 0 aliphatic carbocycles. The summed E-state index contributed by atoms with van der Waals surface area (Å²) in [5, 5.41) is 7.06. The SMILES string of the molecule is C=C(N)/C=C(\c1sc(-c2ccn[nH]2)cc1C)N(C)CCCN1CCCC1=O. The highest BCUT2D eigenvalue weighted by Gasteiger charge is 2.20. The molecule has 2 aromatic rings. The quantitative estimate of drug-likeness (QED) is 0.684. The lowest BCUT2D eigenvalue weighted by Gasteiger charge is -2.24.